The van der Waals surface area contributed by atoms with E-state index in [0.717, 1.165) is 0 Å². The molecule has 0 saturated carbocycles. The number of esters is 1. The number of ether oxygens (including phenoxy) is 3. The summed E-state index contributed by atoms with van der Waals surface area (Å²) in [5.41, 5.74) is 10.2. The van der Waals surface area contributed by atoms with Crippen LogP contribution in [0.25, 0.3) is 0 Å². The molecular formula is C25H39FeN7O8+2. The molecule has 2 amide bonds. The second-order valence-corrected chi connectivity index (χ2v) is 10.7. The van der Waals surface area contributed by atoms with Crippen molar-refractivity contribution in [2.45, 2.75) is 77.5 Å². The minimum Gasteiger partial charge on any atom is -0.497 e. The number of amides is 2. The van der Waals surface area contributed by atoms with Crippen LogP contribution in [0, 0.1) is 9.93 Å². The van der Waals surface area contributed by atoms with Gasteiger partial charge in [0.05, 0.1) is 42.7 Å². The summed E-state index contributed by atoms with van der Waals surface area (Å²) in [7, 11) is 1.45. The summed E-state index contributed by atoms with van der Waals surface area (Å²) in [5, 5.41) is 5.70. The summed E-state index contributed by atoms with van der Waals surface area (Å²) < 4.78 is 17.1. The molecule has 15 nitrogen and oxygen atoms in total. The summed E-state index contributed by atoms with van der Waals surface area (Å²) in [5.74, 6) is -1.63. The first-order chi connectivity index (χ1) is 18.6. The number of hydrogen-bond acceptors (Lipinski definition) is 12. The van der Waals surface area contributed by atoms with Crippen molar-refractivity contribution in [1.82, 2.24) is 25.6 Å². The number of pyridine rings is 1. The molecule has 2 aromatic rings. The molecule has 2 aromatic heterocycles. The zero-order valence-corrected chi connectivity index (χ0v) is 25.2. The van der Waals surface area contributed by atoms with Crippen LogP contribution in [0.5, 0.6) is 5.75 Å². The maximum absolute atomic E-state index is 13.4. The molecule has 228 valence electrons. The maximum atomic E-state index is 13.4. The van der Waals surface area contributed by atoms with Crippen LogP contribution in [-0.2, 0) is 42.7 Å². The van der Waals surface area contributed by atoms with Gasteiger partial charge in [-0.15, -0.1) is 0 Å². The summed E-state index contributed by atoms with van der Waals surface area (Å²) in [6, 6.07) is 0.946. The van der Waals surface area contributed by atoms with Crippen LogP contribution in [0.3, 0.4) is 0 Å². The molecule has 2 rings (SSSR count). The van der Waals surface area contributed by atoms with Crippen LogP contribution in [0.1, 0.15) is 69.5 Å². The SMILES string of the molecule is COc1cc(CNC[C@H](N)C(N)=O)nc(C(=O)N[C@H](C(=O)OC(C)(C)C)[C@@H](OC(C)(C)C)c2cnc[nH]2)c1.O=O.[Fe+2]. The normalized spacial score (nSPS) is 13.4. The molecule has 0 saturated heterocycles. The number of nitrogens with two attached hydrogens (primary N) is 2. The average Bonchev–Trinajstić information content (AvgIpc) is 3.40. The smallest absolute Gasteiger partial charge is 0.497 e. The predicted molar refractivity (Wildman–Crippen MR) is 146 cm³/mol. The van der Waals surface area contributed by atoms with Crippen molar-refractivity contribution in [3.8, 4) is 5.75 Å². The molecule has 2 heterocycles. The average molecular weight is 621 g/mol. The van der Waals surface area contributed by atoms with E-state index in [1.165, 1.54) is 25.7 Å². The molecule has 0 spiro atoms. The van der Waals surface area contributed by atoms with Gasteiger partial charge in [-0.05, 0) is 41.5 Å². The van der Waals surface area contributed by atoms with Gasteiger partial charge in [-0.25, -0.2) is 14.8 Å². The van der Waals surface area contributed by atoms with Gasteiger partial charge in [-0.3, -0.25) is 9.59 Å². The second-order valence-electron chi connectivity index (χ2n) is 10.7. The van der Waals surface area contributed by atoms with E-state index in [-0.39, 0.29) is 35.9 Å². The molecule has 0 aliphatic heterocycles. The molecule has 3 atom stereocenters. The number of primary amides is 1. The second kappa shape index (κ2) is 16.7. The number of rotatable bonds is 12. The van der Waals surface area contributed by atoms with Crippen molar-refractivity contribution >= 4 is 17.8 Å². The molecule has 16 heteroatoms. The Bertz CT molecular complexity index is 1120. The molecule has 0 aromatic carbocycles. The third kappa shape index (κ3) is 13.2. The van der Waals surface area contributed by atoms with Gasteiger partial charge in [-0.1, -0.05) is 0 Å². The summed E-state index contributed by atoms with van der Waals surface area (Å²) in [6.07, 6.45) is 2.03. The van der Waals surface area contributed by atoms with E-state index in [2.05, 4.69) is 25.6 Å². The van der Waals surface area contributed by atoms with E-state index >= 15 is 0 Å². The number of nitrogens with zero attached hydrogens (tertiary/aromatic N) is 2. The van der Waals surface area contributed by atoms with Crippen LogP contribution in [0.15, 0.2) is 24.7 Å². The van der Waals surface area contributed by atoms with Gasteiger partial charge < -0.3 is 41.3 Å². The number of nitrogens with one attached hydrogen (secondary N) is 3. The number of aromatic amines is 1. The van der Waals surface area contributed by atoms with Crippen molar-refractivity contribution in [2.24, 2.45) is 11.5 Å². The fourth-order valence-corrected chi connectivity index (χ4v) is 3.29. The Morgan fingerprint density at radius 1 is 1.07 bits per heavy atom. The topological polar surface area (TPSA) is 231 Å². The monoisotopic (exact) mass is 621 g/mol. The molecule has 0 aliphatic carbocycles. The van der Waals surface area contributed by atoms with Crippen LogP contribution >= 0.6 is 0 Å². The van der Waals surface area contributed by atoms with Gasteiger partial charge in [0.2, 0.25) is 5.91 Å². The number of H-pyrrole nitrogens is 1. The van der Waals surface area contributed by atoms with Crippen molar-refractivity contribution < 1.29 is 45.7 Å². The Morgan fingerprint density at radius 2 is 1.71 bits per heavy atom. The summed E-state index contributed by atoms with van der Waals surface area (Å²) >= 11 is 0. The summed E-state index contributed by atoms with van der Waals surface area (Å²) in [6.45, 7) is 11.0. The first-order valence-corrected chi connectivity index (χ1v) is 12.3. The molecule has 0 bridgehead atoms. The molecule has 0 radical (unpaired) electrons. The maximum Gasteiger partial charge on any atom is 2.00 e. The van der Waals surface area contributed by atoms with Crippen LogP contribution < -0.4 is 26.8 Å². The molecule has 0 fully saturated rings. The van der Waals surface area contributed by atoms with Crippen molar-refractivity contribution in [1.29, 1.82) is 0 Å². The van der Waals surface area contributed by atoms with Crippen molar-refractivity contribution in [3.63, 3.8) is 0 Å². The summed E-state index contributed by atoms with van der Waals surface area (Å²) in [4.78, 5) is 63.3. The van der Waals surface area contributed by atoms with Crippen LogP contribution in [0.4, 0.5) is 0 Å². The number of imidazole rings is 1. The minimum absolute atomic E-state index is 0. The van der Waals surface area contributed by atoms with E-state index in [1.54, 1.807) is 26.8 Å². The van der Waals surface area contributed by atoms with Gasteiger partial charge in [0, 0.05) is 35.2 Å². The standard InChI is InChI=1S/C25H39N7O6.Fe.O2/c1-24(2,3)37-20(18-12-29-13-30-18)19(23(35)38-25(4,5)6)32-22(34)17-9-15(36-7)8-14(31-17)10-28-11-16(26)21(27)33;;1-2/h8-9,12-13,16,19-20,28H,10-11,26H2,1-7H3,(H2,27,33)(H,29,30)(H,32,34);;/q;+2;/t16-,19-,20-;;/m0../s1. The van der Waals surface area contributed by atoms with Gasteiger partial charge >= 0.3 is 23.0 Å². The number of hydrogen-bond donors (Lipinski definition) is 5. The predicted octanol–water partition coefficient (Wildman–Crippen LogP) is 0.777. The molecule has 0 aliphatic rings. The Hall–Kier alpha value is -3.43. The number of carbonyl (C=O) groups excluding carboxylic acids is 3. The molecule has 41 heavy (non-hydrogen) atoms. The van der Waals surface area contributed by atoms with Crippen molar-refractivity contribution in [3.05, 3.63) is 51.7 Å². The fourth-order valence-electron chi connectivity index (χ4n) is 3.29. The van der Waals surface area contributed by atoms with Crippen LogP contribution in [0.2, 0.25) is 0 Å². The van der Waals surface area contributed by atoms with E-state index in [4.69, 9.17) is 35.6 Å². The molecule has 0 unspecified atom stereocenters. The Kier molecular flexibility index (Phi) is 15.3. The minimum atomic E-state index is -1.25. The zero-order chi connectivity index (χ0) is 30.7. The number of aromatic nitrogens is 3. The van der Waals surface area contributed by atoms with Crippen molar-refractivity contribution in [2.75, 3.05) is 13.7 Å². The van der Waals surface area contributed by atoms with Gasteiger partial charge in [0.15, 0.2) is 6.04 Å². The first kappa shape index (κ1) is 37.6. The largest absolute Gasteiger partial charge is 2.00 e. The Labute approximate surface area is 248 Å². The molecule has 7 N–H and O–H groups in total. The number of methoxy groups -OCH3 is 1. The van der Waals surface area contributed by atoms with Gasteiger partial charge in [0.1, 0.15) is 23.1 Å². The first-order valence-electron chi connectivity index (χ1n) is 12.3. The Balaban J connectivity index is 0.00000521. The zero-order valence-electron chi connectivity index (χ0n) is 24.1. The van der Waals surface area contributed by atoms with Crippen LogP contribution in [-0.4, -0.2) is 69.7 Å². The van der Waals surface area contributed by atoms with E-state index in [0.29, 0.717) is 17.1 Å². The van der Waals surface area contributed by atoms with E-state index in [1.807, 2.05) is 20.8 Å². The Morgan fingerprint density at radius 3 is 2.20 bits per heavy atom. The fraction of sp³-hybridized carbons (Fsp3) is 0.560. The third-order valence-electron chi connectivity index (χ3n) is 4.91. The van der Waals surface area contributed by atoms with E-state index in [9.17, 15) is 14.4 Å². The quantitative estimate of drug-likeness (QED) is 0.163. The van der Waals surface area contributed by atoms with E-state index < -0.39 is 47.2 Å². The third-order valence-corrected chi connectivity index (χ3v) is 4.91. The number of carbonyl (C=O) groups is 3. The van der Waals surface area contributed by atoms with Gasteiger partial charge in [-0.2, -0.15) is 0 Å². The molecular weight excluding hydrogens is 582 g/mol. The van der Waals surface area contributed by atoms with Gasteiger partial charge in [0.25, 0.3) is 5.91 Å².